The van der Waals surface area contributed by atoms with Gasteiger partial charge in [-0.25, -0.2) is 4.98 Å². The van der Waals surface area contributed by atoms with E-state index in [1.165, 1.54) is 17.7 Å². The minimum absolute atomic E-state index is 0.375. The molecule has 0 radical (unpaired) electrons. The highest BCUT2D eigenvalue weighted by atomic mass is 32.1. The number of hydrogen-bond donors (Lipinski definition) is 1. The largest absolute Gasteiger partial charge is 0.377 e. The number of ether oxygens (including phenoxy) is 1. The first kappa shape index (κ1) is 14.8. The molecule has 0 aromatic carbocycles. The molecule has 1 aliphatic rings. The van der Waals surface area contributed by atoms with Gasteiger partial charge < -0.3 is 15.0 Å². The fraction of sp³-hybridized carbons (Fsp3) is 0.786. The SMILES string of the molecule is CCOC1CCCN(c2ncc(CNC(C)C)s2)C1. The van der Waals surface area contributed by atoms with E-state index in [2.05, 4.69) is 36.0 Å². The molecule has 0 saturated carbocycles. The Labute approximate surface area is 120 Å². The summed E-state index contributed by atoms with van der Waals surface area (Å²) in [5.74, 6) is 0. The van der Waals surface area contributed by atoms with Crippen molar-refractivity contribution in [2.75, 3.05) is 24.6 Å². The molecule has 0 spiro atoms. The number of hydrogen-bond acceptors (Lipinski definition) is 5. The van der Waals surface area contributed by atoms with E-state index in [1.54, 1.807) is 11.3 Å². The molecule has 1 aromatic rings. The maximum atomic E-state index is 5.74. The van der Waals surface area contributed by atoms with Gasteiger partial charge in [0, 0.05) is 43.4 Å². The summed E-state index contributed by atoms with van der Waals surface area (Å²) in [7, 11) is 0. The van der Waals surface area contributed by atoms with Crippen LogP contribution >= 0.6 is 11.3 Å². The van der Waals surface area contributed by atoms with Crippen molar-refractivity contribution in [3.05, 3.63) is 11.1 Å². The maximum absolute atomic E-state index is 5.74. The molecule has 0 amide bonds. The Morgan fingerprint density at radius 1 is 1.58 bits per heavy atom. The van der Waals surface area contributed by atoms with E-state index < -0.39 is 0 Å². The number of rotatable bonds is 6. The van der Waals surface area contributed by atoms with Crippen LogP contribution in [0.25, 0.3) is 0 Å². The van der Waals surface area contributed by atoms with Gasteiger partial charge in [0.1, 0.15) is 0 Å². The van der Waals surface area contributed by atoms with Crippen molar-refractivity contribution in [2.24, 2.45) is 0 Å². The van der Waals surface area contributed by atoms with Crippen molar-refractivity contribution in [1.82, 2.24) is 10.3 Å². The van der Waals surface area contributed by atoms with Crippen molar-refractivity contribution >= 4 is 16.5 Å². The molecule has 0 aliphatic carbocycles. The Bertz CT molecular complexity index is 379. The molecule has 1 unspecified atom stereocenters. The van der Waals surface area contributed by atoms with Crippen LogP contribution in [0.4, 0.5) is 5.13 Å². The van der Waals surface area contributed by atoms with Crippen LogP contribution in [0.15, 0.2) is 6.20 Å². The molecule has 1 aromatic heterocycles. The van der Waals surface area contributed by atoms with Crippen molar-refractivity contribution in [2.45, 2.75) is 52.3 Å². The molecule has 4 nitrogen and oxygen atoms in total. The lowest BCUT2D eigenvalue weighted by atomic mass is 10.1. The minimum atomic E-state index is 0.375. The molecule has 19 heavy (non-hydrogen) atoms. The summed E-state index contributed by atoms with van der Waals surface area (Å²) in [5, 5.41) is 4.58. The fourth-order valence-corrected chi connectivity index (χ4v) is 3.21. The van der Waals surface area contributed by atoms with Crippen LogP contribution in [0.3, 0.4) is 0 Å². The third-order valence-electron chi connectivity index (χ3n) is 3.28. The zero-order chi connectivity index (χ0) is 13.7. The molecule has 2 rings (SSSR count). The maximum Gasteiger partial charge on any atom is 0.185 e. The molecule has 1 N–H and O–H groups in total. The topological polar surface area (TPSA) is 37.4 Å². The van der Waals surface area contributed by atoms with E-state index in [1.807, 2.05) is 6.20 Å². The Balaban J connectivity index is 1.90. The van der Waals surface area contributed by atoms with Crippen LogP contribution in [0.5, 0.6) is 0 Å². The number of piperidine rings is 1. The van der Waals surface area contributed by atoms with Gasteiger partial charge >= 0.3 is 0 Å². The van der Waals surface area contributed by atoms with Gasteiger partial charge in [0.15, 0.2) is 5.13 Å². The van der Waals surface area contributed by atoms with E-state index in [0.29, 0.717) is 12.1 Å². The summed E-state index contributed by atoms with van der Waals surface area (Å²) in [6.07, 6.45) is 4.75. The summed E-state index contributed by atoms with van der Waals surface area (Å²) >= 11 is 1.80. The number of anilines is 1. The predicted octanol–water partition coefficient (Wildman–Crippen LogP) is 2.65. The summed E-state index contributed by atoms with van der Waals surface area (Å²) in [6.45, 7) is 10.2. The van der Waals surface area contributed by atoms with Gasteiger partial charge in [-0.05, 0) is 19.8 Å². The second kappa shape index (κ2) is 7.22. The van der Waals surface area contributed by atoms with E-state index in [-0.39, 0.29) is 0 Å². The second-order valence-electron chi connectivity index (χ2n) is 5.31. The zero-order valence-corrected chi connectivity index (χ0v) is 13.0. The molecule has 1 atom stereocenters. The molecule has 1 saturated heterocycles. The highest BCUT2D eigenvalue weighted by Gasteiger charge is 2.22. The van der Waals surface area contributed by atoms with Gasteiger partial charge in [-0.15, -0.1) is 11.3 Å². The molecular weight excluding hydrogens is 258 g/mol. The van der Waals surface area contributed by atoms with Gasteiger partial charge in [0.05, 0.1) is 6.10 Å². The monoisotopic (exact) mass is 283 g/mol. The third kappa shape index (κ3) is 4.44. The third-order valence-corrected chi connectivity index (χ3v) is 4.34. The molecule has 1 aliphatic heterocycles. The Kier molecular flexibility index (Phi) is 5.60. The van der Waals surface area contributed by atoms with Crippen LogP contribution < -0.4 is 10.2 Å². The van der Waals surface area contributed by atoms with Crippen LogP contribution in [-0.2, 0) is 11.3 Å². The van der Waals surface area contributed by atoms with Gasteiger partial charge in [0.2, 0.25) is 0 Å². The average Bonchev–Trinajstić information content (AvgIpc) is 2.86. The fourth-order valence-electron chi connectivity index (χ4n) is 2.31. The Morgan fingerprint density at radius 2 is 2.42 bits per heavy atom. The molecule has 108 valence electrons. The minimum Gasteiger partial charge on any atom is -0.377 e. The van der Waals surface area contributed by atoms with Crippen LogP contribution in [0.1, 0.15) is 38.5 Å². The van der Waals surface area contributed by atoms with Crippen molar-refractivity contribution in [3.8, 4) is 0 Å². The summed E-state index contributed by atoms with van der Waals surface area (Å²) in [4.78, 5) is 8.24. The van der Waals surface area contributed by atoms with E-state index in [0.717, 1.165) is 31.4 Å². The van der Waals surface area contributed by atoms with Crippen molar-refractivity contribution < 1.29 is 4.74 Å². The zero-order valence-electron chi connectivity index (χ0n) is 12.2. The molecule has 5 heteroatoms. The van der Waals surface area contributed by atoms with E-state index in [9.17, 15) is 0 Å². The van der Waals surface area contributed by atoms with E-state index >= 15 is 0 Å². The lowest BCUT2D eigenvalue weighted by molar-refractivity contribution is 0.0526. The highest BCUT2D eigenvalue weighted by Crippen LogP contribution is 2.26. The first-order valence-electron chi connectivity index (χ1n) is 7.23. The second-order valence-corrected chi connectivity index (χ2v) is 6.40. The van der Waals surface area contributed by atoms with Crippen LogP contribution in [0.2, 0.25) is 0 Å². The van der Waals surface area contributed by atoms with Gasteiger partial charge in [0.25, 0.3) is 0 Å². The lowest BCUT2D eigenvalue weighted by Crippen LogP contribution is -2.39. The van der Waals surface area contributed by atoms with Crippen LogP contribution in [0, 0.1) is 0 Å². The highest BCUT2D eigenvalue weighted by molar-refractivity contribution is 7.15. The summed E-state index contributed by atoms with van der Waals surface area (Å²) < 4.78 is 5.74. The molecule has 1 fully saturated rings. The smallest absolute Gasteiger partial charge is 0.185 e. The van der Waals surface area contributed by atoms with Crippen molar-refractivity contribution in [1.29, 1.82) is 0 Å². The standard InChI is InChI=1S/C14H25N3OS/c1-4-18-12-6-5-7-17(10-12)14-16-9-13(19-14)8-15-11(2)3/h9,11-12,15H,4-8,10H2,1-3H3. The predicted molar refractivity (Wildman–Crippen MR) is 81.0 cm³/mol. The number of nitrogens with one attached hydrogen (secondary N) is 1. The first-order chi connectivity index (χ1) is 9.19. The van der Waals surface area contributed by atoms with Crippen molar-refractivity contribution in [3.63, 3.8) is 0 Å². The number of thiazole rings is 1. The Morgan fingerprint density at radius 3 is 3.16 bits per heavy atom. The van der Waals surface area contributed by atoms with Gasteiger partial charge in [-0.2, -0.15) is 0 Å². The molecule has 0 bridgehead atoms. The molecular formula is C14H25N3OS. The molecule has 2 heterocycles. The summed E-state index contributed by atoms with van der Waals surface area (Å²) in [6, 6.07) is 0.517. The number of aromatic nitrogens is 1. The Hall–Kier alpha value is -0.650. The number of nitrogens with zero attached hydrogens (tertiary/aromatic N) is 2. The first-order valence-corrected chi connectivity index (χ1v) is 8.05. The normalized spacial score (nSPS) is 20.2. The van der Waals surface area contributed by atoms with Gasteiger partial charge in [-0.1, -0.05) is 13.8 Å². The van der Waals surface area contributed by atoms with Gasteiger partial charge in [-0.3, -0.25) is 0 Å². The summed E-state index contributed by atoms with van der Waals surface area (Å²) in [5.41, 5.74) is 0. The quantitative estimate of drug-likeness (QED) is 0.871. The lowest BCUT2D eigenvalue weighted by Gasteiger charge is -2.32. The van der Waals surface area contributed by atoms with E-state index in [4.69, 9.17) is 4.74 Å². The van der Waals surface area contributed by atoms with Crippen LogP contribution in [-0.4, -0.2) is 36.8 Å². The average molecular weight is 283 g/mol.